The third-order valence-corrected chi connectivity index (χ3v) is 4.32. The van der Waals surface area contributed by atoms with E-state index in [1.54, 1.807) is 34.6 Å². The maximum absolute atomic E-state index is 13.0. The minimum absolute atomic E-state index is 0.204. The second-order valence-corrected chi connectivity index (χ2v) is 8.75. The predicted molar refractivity (Wildman–Crippen MR) is 117 cm³/mol. The molecule has 0 aliphatic carbocycles. The molecule has 1 rings (SSSR count). The van der Waals surface area contributed by atoms with Gasteiger partial charge >= 0.3 is 6.09 Å². The van der Waals surface area contributed by atoms with Crippen LogP contribution in [0.25, 0.3) is 0 Å². The lowest BCUT2D eigenvalue weighted by Crippen LogP contribution is -2.58. The lowest BCUT2D eigenvalue weighted by atomic mass is 10.0. The van der Waals surface area contributed by atoms with Crippen LogP contribution >= 0.6 is 0 Å². The molecule has 4 amide bonds. The lowest BCUT2D eigenvalue weighted by molar-refractivity contribution is -0.132. The molecule has 9 nitrogen and oxygen atoms in total. The fourth-order valence-electron chi connectivity index (χ4n) is 2.67. The molecule has 3 atom stereocenters. The van der Waals surface area contributed by atoms with Crippen LogP contribution in [0.4, 0.5) is 4.79 Å². The number of carbonyl (C=O) groups excluding carboxylic acids is 4. The average Bonchev–Trinajstić information content (AvgIpc) is 2.64. The number of amides is 4. The molecule has 9 heteroatoms. The van der Waals surface area contributed by atoms with Crippen LogP contribution < -0.4 is 21.7 Å². The number of carbonyl (C=O) groups is 4. The number of ether oxygens (including phenoxy) is 1. The molecule has 0 radical (unpaired) electrons. The first-order valence-electron chi connectivity index (χ1n) is 10.2. The maximum atomic E-state index is 13.0. The fraction of sp³-hybridized carbons (Fsp3) is 0.545. The first-order chi connectivity index (χ1) is 14.3. The summed E-state index contributed by atoms with van der Waals surface area (Å²) in [6, 6.07) is 6.38. The van der Waals surface area contributed by atoms with Crippen molar-refractivity contribution in [3.8, 4) is 0 Å². The number of primary amides is 1. The largest absolute Gasteiger partial charge is 0.444 e. The van der Waals surface area contributed by atoms with E-state index in [2.05, 4.69) is 16.0 Å². The highest BCUT2D eigenvalue weighted by molar-refractivity contribution is 5.93. The molecule has 0 saturated heterocycles. The molecule has 172 valence electrons. The molecule has 0 aliphatic heterocycles. The zero-order valence-electron chi connectivity index (χ0n) is 19.0. The van der Waals surface area contributed by atoms with Gasteiger partial charge in [0.15, 0.2) is 0 Å². The van der Waals surface area contributed by atoms with Crippen LogP contribution in [-0.2, 0) is 25.5 Å². The molecule has 0 saturated carbocycles. The third kappa shape index (κ3) is 9.50. The van der Waals surface area contributed by atoms with E-state index in [0.29, 0.717) is 0 Å². The molecular formula is C22H34N4O5. The van der Waals surface area contributed by atoms with E-state index in [9.17, 15) is 19.2 Å². The summed E-state index contributed by atoms with van der Waals surface area (Å²) in [6.07, 6.45) is -0.535. The molecule has 0 fully saturated rings. The summed E-state index contributed by atoms with van der Waals surface area (Å²) >= 11 is 0. The highest BCUT2D eigenvalue weighted by atomic mass is 16.6. The number of rotatable bonds is 9. The minimum atomic E-state index is -0.972. The summed E-state index contributed by atoms with van der Waals surface area (Å²) in [4.78, 5) is 49.2. The number of hydrogen-bond donors (Lipinski definition) is 4. The summed E-state index contributed by atoms with van der Waals surface area (Å²) in [5.74, 6) is -2.04. The molecule has 0 aliphatic rings. The van der Waals surface area contributed by atoms with Crippen molar-refractivity contribution in [3.05, 3.63) is 35.9 Å². The predicted octanol–water partition coefficient (Wildman–Crippen LogP) is 1.25. The van der Waals surface area contributed by atoms with E-state index in [4.69, 9.17) is 10.5 Å². The lowest BCUT2D eigenvalue weighted by Gasteiger charge is -2.27. The van der Waals surface area contributed by atoms with E-state index in [-0.39, 0.29) is 12.3 Å². The number of nitrogens with one attached hydrogen (secondary N) is 3. The molecule has 0 aromatic heterocycles. The van der Waals surface area contributed by atoms with Crippen LogP contribution in [0, 0.1) is 5.92 Å². The van der Waals surface area contributed by atoms with Crippen molar-refractivity contribution < 1.29 is 23.9 Å². The van der Waals surface area contributed by atoms with Crippen molar-refractivity contribution in [2.75, 3.05) is 0 Å². The van der Waals surface area contributed by atoms with E-state index in [1.807, 2.05) is 30.3 Å². The van der Waals surface area contributed by atoms with Gasteiger partial charge in [-0.1, -0.05) is 44.2 Å². The first kappa shape index (κ1) is 25.9. The Balaban J connectivity index is 3.00. The zero-order chi connectivity index (χ0) is 23.8. The van der Waals surface area contributed by atoms with E-state index in [1.165, 1.54) is 6.92 Å². The highest BCUT2D eigenvalue weighted by Gasteiger charge is 2.31. The maximum Gasteiger partial charge on any atom is 0.408 e. The standard InChI is InChI=1S/C22H34N4O5/c1-13(2)17(20(29)24-14(3)18(23)27)26-19(28)16(12-15-10-8-7-9-11-15)25-21(30)31-22(4,5)6/h7-11,13-14,16-17H,12H2,1-6H3,(H2,23,27)(H,24,29)(H,25,30)(H,26,28)/t14-,16-,17+/m0/s1. The normalized spacial score (nSPS) is 14.2. The van der Waals surface area contributed by atoms with Crippen molar-refractivity contribution in [1.82, 2.24) is 16.0 Å². The smallest absolute Gasteiger partial charge is 0.408 e. The van der Waals surface area contributed by atoms with Crippen molar-refractivity contribution in [2.45, 2.75) is 71.7 Å². The highest BCUT2D eigenvalue weighted by Crippen LogP contribution is 2.10. The van der Waals surface area contributed by atoms with Crippen LogP contribution in [0.1, 0.15) is 47.1 Å². The fourth-order valence-corrected chi connectivity index (χ4v) is 2.67. The van der Waals surface area contributed by atoms with Gasteiger partial charge in [-0.15, -0.1) is 0 Å². The second-order valence-electron chi connectivity index (χ2n) is 8.75. The molecular weight excluding hydrogens is 400 g/mol. The van der Waals surface area contributed by atoms with E-state index in [0.717, 1.165) is 5.56 Å². The monoisotopic (exact) mass is 434 g/mol. The average molecular weight is 435 g/mol. The van der Waals surface area contributed by atoms with Crippen molar-refractivity contribution in [1.29, 1.82) is 0 Å². The molecule has 0 bridgehead atoms. The van der Waals surface area contributed by atoms with Gasteiger partial charge in [0.1, 0.15) is 23.7 Å². The van der Waals surface area contributed by atoms with Crippen LogP contribution in [0.2, 0.25) is 0 Å². The Morgan fingerprint density at radius 2 is 1.52 bits per heavy atom. The topological polar surface area (TPSA) is 140 Å². The molecule has 0 heterocycles. The Labute approximate surface area is 183 Å². The molecule has 1 aromatic rings. The summed E-state index contributed by atoms with van der Waals surface area (Å²) in [5.41, 5.74) is 5.29. The first-order valence-corrected chi connectivity index (χ1v) is 10.2. The number of benzene rings is 1. The second kappa shape index (κ2) is 11.3. The summed E-state index contributed by atoms with van der Waals surface area (Å²) in [5, 5.41) is 7.75. The Kier molecular flexibility index (Phi) is 9.48. The van der Waals surface area contributed by atoms with Gasteiger partial charge in [-0.25, -0.2) is 4.79 Å². The van der Waals surface area contributed by atoms with E-state index >= 15 is 0 Å². The number of hydrogen-bond acceptors (Lipinski definition) is 5. The van der Waals surface area contributed by atoms with Gasteiger partial charge in [0.25, 0.3) is 0 Å². The number of alkyl carbamates (subject to hydrolysis) is 1. The third-order valence-electron chi connectivity index (χ3n) is 4.32. The Morgan fingerprint density at radius 1 is 0.935 bits per heavy atom. The van der Waals surface area contributed by atoms with Crippen LogP contribution in [0.5, 0.6) is 0 Å². The van der Waals surface area contributed by atoms with Gasteiger partial charge in [-0.05, 0) is 39.2 Å². The van der Waals surface area contributed by atoms with Gasteiger partial charge < -0.3 is 26.4 Å². The van der Waals surface area contributed by atoms with Gasteiger partial charge in [0, 0.05) is 6.42 Å². The summed E-state index contributed by atoms with van der Waals surface area (Å²) in [6.45, 7) is 10.1. The van der Waals surface area contributed by atoms with Gasteiger partial charge in [0.2, 0.25) is 17.7 Å². The van der Waals surface area contributed by atoms with Crippen LogP contribution in [-0.4, -0.2) is 47.5 Å². The van der Waals surface area contributed by atoms with Crippen LogP contribution in [0.3, 0.4) is 0 Å². The summed E-state index contributed by atoms with van der Waals surface area (Å²) < 4.78 is 5.27. The quantitative estimate of drug-likeness (QED) is 0.463. The summed E-state index contributed by atoms with van der Waals surface area (Å²) in [7, 11) is 0. The van der Waals surface area contributed by atoms with Crippen molar-refractivity contribution in [3.63, 3.8) is 0 Å². The Bertz CT molecular complexity index is 774. The molecule has 0 unspecified atom stereocenters. The molecule has 0 spiro atoms. The zero-order valence-corrected chi connectivity index (χ0v) is 19.0. The Morgan fingerprint density at radius 3 is 2.00 bits per heavy atom. The molecule has 1 aromatic carbocycles. The number of nitrogens with two attached hydrogens (primary N) is 1. The molecule has 31 heavy (non-hydrogen) atoms. The van der Waals surface area contributed by atoms with Crippen molar-refractivity contribution >= 4 is 23.8 Å². The van der Waals surface area contributed by atoms with Gasteiger partial charge in [0.05, 0.1) is 0 Å². The van der Waals surface area contributed by atoms with Gasteiger partial charge in [-0.3, -0.25) is 14.4 Å². The van der Waals surface area contributed by atoms with Gasteiger partial charge in [-0.2, -0.15) is 0 Å². The minimum Gasteiger partial charge on any atom is -0.444 e. The van der Waals surface area contributed by atoms with Crippen molar-refractivity contribution in [2.24, 2.45) is 11.7 Å². The van der Waals surface area contributed by atoms with Crippen LogP contribution in [0.15, 0.2) is 30.3 Å². The van der Waals surface area contributed by atoms with E-state index < -0.39 is 47.5 Å². The SMILES string of the molecule is CC(C)[C@@H](NC(=O)[C@H](Cc1ccccc1)NC(=O)OC(C)(C)C)C(=O)N[C@@H](C)C(N)=O. The Hall–Kier alpha value is -3.10. The molecule has 5 N–H and O–H groups in total.